The number of anilines is 2. The van der Waals surface area contributed by atoms with Gasteiger partial charge in [-0.25, -0.2) is 4.39 Å². The number of aromatic nitrogens is 2. The highest BCUT2D eigenvalue weighted by molar-refractivity contribution is 5.59. The molecule has 12 heteroatoms. The van der Waals surface area contributed by atoms with Crippen molar-refractivity contribution in [3.05, 3.63) is 52.0 Å². The fourth-order valence-electron chi connectivity index (χ4n) is 7.21. The number of rotatable bonds is 5. The number of ether oxygens (including phenoxy) is 2. The minimum Gasteiger partial charge on any atom is -0.461 e. The number of nitrogen functional groups attached to an aromatic ring is 1. The Kier molecular flexibility index (Phi) is 7.34. The van der Waals surface area contributed by atoms with E-state index in [-0.39, 0.29) is 24.6 Å². The summed E-state index contributed by atoms with van der Waals surface area (Å²) in [5.74, 6) is 1.26. The summed E-state index contributed by atoms with van der Waals surface area (Å²) in [6, 6.07) is 0.891. The number of nitrogens with zero attached hydrogens (tertiary/aromatic N) is 4. The van der Waals surface area contributed by atoms with Crippen LogP contribution in [-0.4, -0.2) is 63.9 Å². The van der Waals surface area contributed by atoms with Crippen LogP contribution in [0.5, 0.6) is 6.01 Å². The number of alkyl halides is 3. The molecule has 3 N–H and O–H groups in total. The number of hydrogen-bond acceptors (Lipinski definition) is 8. The van der Waals surface area contributed by atoms with Gasteiger partial charge in [-0.2, -0.15) is 23.1 Å². The van der Waals surface area contributed by atoms with E-state index in [0.717, 1.165) is 44.0 Å². The zero-order chi connectivity index (χ0) is 30.7. The first-order valence-corrected chi connectivity index (χ1v) is 14.5. The van der Waals surface area contributed by atoms with Crippen molar-refractivity contribution in [1.82, 2.24) is 14.9 Å². The van der Waals surface area contributed by atoms with Gasteiger partial charge in [0.25, 0.3) is 0 Å². The van der Waals surface area contributed by atoms with Crippen LogP contribution in [0.4, 0.5) is 29.1 Å². The summed E-state index contributed by atoms with van der Waals surface area (Å²) in [5, 5.41) is 10.8. The number of β-amino-alcohol motifs (C(OH)–C–C–N with tert-alkyl or cyclic N) is 1. The average Bonchev–Trinajstić information content (AvgIpc) is 3.46. The minimum absolute atomic E-state index is 0.0757. The van der Waals surface area contributed by atoms with Crippen LogP contribution in [0, 0.1) is 18.2 Å². The lowest BCUT2D eigenvalue weighted by Crippen LogP contribution is -2.47. The van der Waals surface area contributed by atoms with E-state index in [9.17, 15) is 18.3 Å². The molecule has 0 amide bonds. The van der Waals surface area contributed by atoms with Crippen molar-refractivity contribution in [2.75, 3.05) is 43.4 Å². The van der Waals surface area contributed by atoms with Crippen LogP contribution in [0.25, 0.3) is 0 Å². The molecule has 3 atom stereocenters. The van der Waals surface area contributed by atoms with Gasteiger partial charge >= 0.3 is 12.2 Å². The molecule has 4 aliphatic rings. The minimum atomic E-state index is -4.95. The first kappa shape index (κ1) is 29.7. The topological polar surface area (TPSA) is 97.0 Å². The van der Waals surface area contributed by atoms with Crippen LogP contribution < -0.4 is 15.4 Å². The number of aliphatic hydroxyl groups is 1. The maximum Gasteiger partial charge on any atom is 0.418 e. The van der Waals surface area contributed by atoms with Gasteiger partial charge in [0.05, 0.1) is 40.8 Å². The second-order valence-corrected chi connectivity index (χ2v) is 12.5. The molecular weight excluding hydrogens is 566 g/mol. The predicted molar refractivity (Wildman–Crippen MR) is 152 cm³/mol. The molecule has 1 aromatic heterocycles. The van der Waals surface area contributed by atoms with Gasteiger partial charge in [-0.15, -0.1) is 6.42 Å². The Hall–Kier alpha value is -3.40. The molecule has 1 aromatic carbocycles. The van der Waals surface area contributed by atoms with Crippen molar-refractivity contribution in [1.29, 1.82) is 0 Å². The maximum atomic E-state index is 15.4. The molecule has 0 saturated carbocycles. The second kappa shape index (κ2) is 10.6. The van der Waals surface area contributed by atoms with Gasteiger partial charge < -0.3 is 25.2 Å². The fourth-order valence-corrected chi connectivity index (χ4v) is 7.21. The normalized spacial score (nSPS) is 27.6. The highest BCUT2D eigenvalue weighted by Gasteiger charge is 2.47. The van der Waals surface area contributed by atoms with E-state index in [0.29, 0.717) is 49.6 Å². The van der Waals surface area contributed by atoms with Gasteiger partial charge in [0, 0.05) is 42.7 Å². The molecule has 0 unspecified atom stereocenters. The van der Waals surface area contributed by atoms with Crippen molar-refractivity contribution in [3.8, 4) is 18.4 Å². The number of terminal acetylenes is 1. The highest BCUT2D eigenvalue weighted by atomic mass is 19.4. The van der Waals surface area contributed by atoms with E-state index in [1.54, 1.807) is 6.92 Å². The molecule has 6 rings (SSSR count). The summed E-state index contributed by atoms with van der Waals surface area (Å²) >= 11 is 0. The van der Waals surface area contributed by atoms with Crippen LogP contribution in [0.15, 0.2) is 18.2 Å². The Balaban J connectivity index is 1.39. The summed E-state index contributed by atoms with van der Waals surface area (Å²) in [6.45, 7) is 8.74. The summed E-state index contributed by atoms with van der Waals surface area (Å²) in [5.41, 5.74) is 3.61. The first-order valence-electron chi connectivity index (χ1n) is 14.5. The molecule has 0 spiro atoms. The van der Waals surface area contributed by atoms with Crippen LogP contribution in [-0.2, 0) is 23.9 Å². The van der Waals surface area contributed by atoms with E-state index < -0.39 is 46.1 Å². The van der Waals surface area contributed by atoms with E-state index in [4.69, 9.17) is 26.6 Å². The van der Waals surface area contributed by atoms with Crippen LogP contribution in [0.2, 0.25) is 0 Å². The standard InChI is InChI=1S/C31H35F4N5O3/c1-4-19-11-21(36)26(32)24(25(19)31(33,34)35)23-12-22-20(15-42-23)27(39-9-5-7-29(3,41)16-39)38-28(37-22)43-17-30-8-6-10-40(30)14-18(2)13-30/h1,11,23,41H,2,5-10,12-17,36H2,3H3/t23-,29+,30+/m0/s1. The maximum absolute atomic E-state index is 15.4. The van der Waals surface area contributed by atoms with Crippen molar-refractivity contribution in [2.45, 2.75) is 75.5 Å². The summed E-state index contributed by atoms with van der Waals surface area (Å²) in [6.07, 6.45) is 3.01. The largest absolute Gasteiger partial charge is 0.461 e. The number of benzene rings is 1. The van der Waals surface area contributed by atoms with Gasteiger partial charge in [0.2, 0.25) is 0 Å². The molecular formula is C31H35F4N5O3. The molecule has 8 nitrogen and oxygen atoms in total. The van der Waals surface area contributed by atoms with E-state index in [1.807, 2.05) is 10.8 Å². The number of nitrogens with two attached hydrogens (primary N) is 1. The number of halogens is 4. The van der Waals surface area contributed by atoms with Crippen LogP contribution >= 0.6 is 0 Å². The molecule has 5 heterocycles. The zero-order valence-corrected chi connectivity index (χ0v) is 24.1. The van der Waals surface area contributed by atoms with E-state index >= 15 is 4.39 Å². The molecule has 230 valence electrons. The average molecular weight is 602 g/mol. The monoisotopic (exact) mass is 601 g/mol. The van der Waals surface area contributed by atoms with Crippen molar-refractivity contribution in [2.24, 2.45) is 0 Å². The predicted octanol–water partition coefficient (Wildman–Crippen LogP) is 4.54. The molecule has 0 radical (unpaired) electrons. The molecule has 2 aromatic rings. The van der Waals surface area contributed by atoms with Crippen molar-refractivity contribution < 1.29 is 32.1 Å². The molecule has 3 saturated heterocycles. The third-order valence-electron chi connectivity index (χ3n) is 9.13. The molecule has 4 aliphatic heterocycles. The number of piperidine rings is 1. The second-order valence-electron chi connectivity index (χ2n) is 12.5. The highest BCUT2D eigenvalue weighted by Crippen LogP contribution is 2.45. The van der Waals surface area contributed by atoms with Gasteiger partial charge in [-0.05, 0) is 51.6 Å². The van der Waals surface area contributed by atoms with Crippen LogP contribution in [0.1, 0.15) is 73.1 Å². The van der Waals surface area contributed by atoms with Crippen molar-refractivity contribution in [3.63, 3.8) is 0 Å². The zero-order valence-electron chi connectivity index (χ0n) is 24.1. The third kappa shape index (κ3) is 5.43. The molecule has 0 aliphatic carbocycles. The Morgan fingerprint density at radius 2 is 2.05 bits per heavy atom. The van der Waals surface area contributed by atoms with E-state index in [1.165, 1.54) is 0 Å². The summed E-state index contributed by atoms with van der Waals surface area (Å²) in [7, 11) is 0. The molecule has 43 heavy (non-hydrogen) atoms. The number of hydrogen-bond donors (Lipinski definition) is 2. The summed E-state index contributed by atoms with van der Waals surface area (Å²) in [4.78, 5) is 13.7. The quantitative estimate of drug-likeness (QED) is 0.223. The SMILES string of the molecule is C#Cc1cc(N)c(F)c([C@@H]2Cc3nc(OC[C@]45CCCN4CC(=C)C5)nc(N4CCC[C@@](C)(O)C4)c3CO2)c1C(F)(F)F. The van der Waals surface area contributed by atoms with Crippen molar-refractivity contribution >= 4 is 11.5 Å². The fraction of sp³-hybridized carbons (Fsp3) is 0.548. The Bertz CT molecular complexity index is 1500. The van der Waals surface area contributed by atoms with Crippen LogP contribution in [0.3, 0.4) is 0 Å². The van der Waals surface area contributed by atoms with Gasteiger partial charge in [-0.3, -0.25) is 4.90 Å². The third-order valence-corrected chi connectivity index (χ3v) is 9.13. The first-order chi connectivity index (χ1) is 20.3. The Labute approximate surface area is 247 Å². The number of fused-ring (bicyclic) bond motifs is 2. The lowest BCUT2D eigenvalue weighted by molar-refractivity contribution is -0.140. The van der Waals surface area contributed by atoms with Gasteiger partial charge in [0.1, 0.15) is 12.4 Å². The lowest BCUT2D eigenvalue weighted by Gasteiger charge is -2.39. The summed E-state index contributed by atoms with van der Waals surface area (Å²) < 4.78 is 70.3. The molecule has 3 fully saturated rings. The Morgan fingerprint density at radius 1 is 1.28 bits per heavy atom. The Morgan fingerprint density at radius 3 is 2.77 bits per heavy atom. The van der Waals surface area contributed by atoms with Gasteiger partial charge in [-0.1, -0.05) is 18.1 Å². The van der Waals surface area contributed by atoms with Gasteiger partial charge in [0.15, 0.2) is 5.82 Å². The van der Waals surface area contributed by atoms with E-state index in [2.05, 4.69) is 16.5 Å². The lowest BCUT2D eigenvalue weighted by atomic mass is 9.90. The smallest absolute Gasteiger partial charge is 0.418 e. The molecule has 0 bridgehead atoms.